The average Bonchev–Trinajstić information content (AvgIpc) is 2.90. The summed E-state index contributed by atoms with van der Waals surface area (Å²) in [5, 5.41) is 7.96. The molecule has 6 nitrogen and oxygen atoms in total. The minimum Gasteiger partial charge on any atom is -0.381 e. The van der Waals surface area contributed by atoms with Gasteiger partial charge in [-0.15, -0.1) is 5.10 Å². The summed E-state index contributed by atoms with van der Waals surface area (Å²) < 4.78 is 6.68. The molecule has 1 aliphatic heterocycles. The molecule has 0 unspecified atom stereocenters. The van der Waals surface area contributed by atoms with Crippen LogP contribution in [0.15, 0.2) is 24.3 Å². The molecule has 0 bridgehead atoms. The Morgan fingerprint density at radius 1 is 1.37 bits per heavy atom. The zero-order valence-corrected chi connectivity index (χ0v) is 10.8. The maximum absolute atomic E-state index is 12.5. The molecule has 0 aliphatic carbocycles. The number of benzene rings is 1. The normalized spacial score (nSPS) is 16.7. The molecule has 19 heavy (non-hydrogen) atoms. The third-order valence-corrected chi connectivity index (χ3v) is 3.57. The molecule has 100 valence electrons. The van der Waals surface area contributed by atoms with Crippen molar-refractivity contribution < 1.29 is 9.53 Å². The van der Waals surface area contributed by atoms with E-state index in [0.29, 0.717) is 13.2 Å². The summed E-state index contributed by atoms with van der Waals surface area (Å²) in [5.74, 6) is 0. The zero-order valence-electron chi connectivity index (χ0n) is 10.8. The van der Waals surface area contributed by atoms with Crippen molar-refractivity contribution in [2.24, 2.45) is 0 Å². The lowest BCUT2D eigenvalue weighted by Gasteiger charge is -2.30. The predicted molar refractivity (Wildman–Crippen MR) is 69.9 cm³/mol. The van der Waals surface area contributed by atoms with Crippen LogP contribution in [0.1, 0.15) is 12.8 Å². The van der Waals surface area contributed by atoms with E-state index >= 15 is 0 Å². The van der Waals surface area contributed by atoms with Crippen LogP contribution in [0, 0.1) is 0 Å². The van der Waals surface area contributed by atoms with E-state index in [0.717, 1.165) is 23.9 Å². The van der Waals surface area contributed by atoms with Gasteiger partial charge >= 0.3 is 6.03 Å². The molecule has 0 saturated carbocycles. The molecule has 1 aliphatic rings. The Bertz CT molecular complexity index is 589. The molecule has 1 saturated heterocycles. The van der Waals surface area contributed by atoms with Gasteiger partial charge in [0.05, 0.1) is 5.52 Å². The number of hydrogen-bond acceptors (Lipinski definition) is 4. The number of nitrogens with zero attached hydrogens (tertiary/aromatic N) is 4. The second-order valence-electron chi connectivity index (χ2n) is 4.73. The lowest BCUT2D eigenvalue weighted by Crippen LogP contribution is -2.43. The van der Waals surface area contributed by atoms with E-state index in [2.05, 4.69) is 10.3 Å². The number of carbonyl (C=O) groups is 1. The van der Waals surface area contributed by atoms with Crippen LogP contribution < -0.4 is 0 Å². The Morgan fingerprint density at radius 2 is 2.11 bits per heavy atom. The van der Waals surface area contributed by atoms with E-state index in [4.69, 9.17) is 4.74 Å². The van der Waals surface area contributed by atoms with Gasteiger partial charge in [0.25, 0.3) is 0 Å². The van der Waals surface area contributed by atoms with Crippen LogP contribution in [0.5, 0.6) is 0 Å². The van der Waals surface area contributed by atoms with Gasteiger partial charge in [-0.2, -0.15) is 4.68 Å². The first-order valence-electron chi connectivity index (χ1n) is 6.43. The van der Waals surface area contributed by atoms with Crippen molar-refractivity contribution in [3.63, 3.8) is 0 Å². The topological polar surface area (TPSA) is 60.2 Å². The van der Waals surface area contributed by atoms with Gasteiger partial charge in [0, 0.05) is 26.3 Å². The van der Waals surface area contributed by atoms with E-state index in [-0.39, 0.29) is 12.1 Å². The van der Waals surface area contributed by atoms with Gasteiger partial charge in [0.2, 0.25) is 0 Å². The van der Waals surface area contributed by atoms with Crippen LogP contribution in [0.3, 0.4) is 0 Å². The maximum atomic E-state index is 12.5. The van der Waals surface area contributed by atoms with E-state index in [9.17, 15) is 4.79 Å². The molecule has 1 amide bonds. The van der Waals surface area contributed by atoms with Gasteiger partial charge in [-0.3, -0.25) is 0 Å². The number of ether oxygens (including phenoxy) is 1. The number of amides is 1. The van der Waals surface area contributed by atoms with Crippen molar-refractivity contribution in [3.8, 4) is 0 Å². The molecule has 0 radical (unpaired) electrons. The lowest BCUT2D eigenvalue weighted by atomic mass is 10.1. The maximum Gasteiger partial charge on any atom is 0.346 e. The fourth-order valence-corrected chi connectivity index (χ4v) is 2.39. The summed E-state index contributed by atoms with van der Waals surface area (Å²) in [5.41, 5.74) is 1.47. The highest BCUT2D eigenvalue weighted by Gasteiger charge is 2.25. The Kier molecular flexibility index (Phi) is 3.16. The Balaban J connectivity index is 1.86. The fourth-order valence-electron chi connectivity index (χ4n) is 2.39. The van der Waals surface area contributed by atoms with Gasteiger partial charge in [-0.1, -0.05) is 17.3 Å². The molecule has 2 heterocycles. The van der Waals surface area contributed by atoms with E-state index in [1.165, 1.54) is 4.68 Å². The van der Waals surface area contributed by atoms with Crippen LogP contribution in [-0.2, 0) is 4.74 Å². The van der Waals surface area contributed by atoms with Crippen molar-refractivity contribution in [3.05, 3.63) is 24.3 Å². The Labute approximate surface area is 110 Å². The molecular weight excluding hydrogens is 244 g/mol. The molecule has 0 N–H and O–H groups in total. The highest BCUT2D eigenvalue weighted by Crippen LogP contribution is 2.16. The summed E-state index contributed by atoms with van der Waals surface area (Å²) >= 11 is 0. The molecular formula is C13H16N4O2. The first-order chi connectivity index (χ1) is 9.27. The summed E-state index contributed by atoms with van der Waals surface area (Å²) in [6.07, 6.45) is 1.74. The third kappa shape index (κ3) is 2.19. The Hall–Kier alpha value is -1.95. The quantitative estimate of drug-likeness (QED) is 0.779. The molecule has 2 aromatic rings. The van der Waals surface area contributed by atoms with Crippen molar-refractivity contribution in [2.45, 2.75) is 18.9 Å². The van der Waals surface area contributed by atoms with Crippen LogP contribution in [-0.4, -0.2) is 52.2 Å². The van der Waals surface area contributed by atoms with Crippen molar-refractivity contribution in [1.82, 2.24) is 19.9 Å². The largest absolute Gasteiger partial charge is 0.381 e. The number of hydrogen-bond donors (Lipinski definition) is 0. The van der Waals surface area contributed by atoms with Gasteiger partial charge in [0.15, 0.2) is 0 Å². The Morgan fingerprint density at radius 3 is 2.89 bits per heavy atom. The standard InChI is InChI=1S/C13H16N4O2/c1-16(10-6-8-19-9-7-10)13(18)17-12-5-3-2-4-11(12)14-15-17/h2-5,10H,6-9H2,1H3. The molecule has 1 aromatic carbocycles. The van der Waals surface area contributed by atoms with Gasteiger partial charge < -0.3 is 9.64 Å². The molecule has 1 fully saturated rings. The number of fused-ring (bicyclic) bond motifs is 1. The summed E-state index contributed by atoms with van der Waals surface area (Å²) in [6.45, 7) is 1.42. The van der Waals surface area contributed by atoms with Crippen molar-refractivity contribution >= 4 is 17.1 Å². The smallest absolute Gasteiger partial charge is 0.346 e. The van der Waals surface area contributed by atoms with Crippen LogP contribution in [0.25, 0.3) is 11.0 Å². The van der Waals surface area contributed by atoms with E-state index in [1.807, 2.05) is 31.3 Å². The minimum atomic E-state index is -0.138. The predicted octanol–water partition coefficient (Wildman–Crippen LogP) is 1.51. The second kappa shape index (κ2) is 4.97. The van der Waals surface area contributed by atoms with Gasteiger partial charge in [-0.25, -0.2) is 4.79 Å². The van der Waals surface area contributed by atoms with Crippen molar-refractivity contribution in [1.29, 1.82) is 0 Å². The minimum absolute atomic E-state index is 0.138. The van der Waals surface area contributed by atoms with Crippen LogP contribution in [0.2, 0.25) is 0 Å². The number of aromatic nitrogens is 3. The molecule has 0 spiro atoms. The zero-order chi connectivity index (χ0) is 13.2. The number of carbonyl (C=O) groups excluding carboxylic acids is 1. The third-order valence-electron chi connectivity index (χ3n) is 3.57. The summed E-state index contributed by atoms with van der Waals surface area (Å²) in [6, 6.07) is 7.54. The summed E-state index contributed by atoms with van der Waals surface area (Å²) in [4.78, 5) is 14.2. The van der Waals surface area contributed by atoms with Crippen molar-refractivity contribution in [2.75, 3.05) is 20.3 Å². The molecule has 3 rings (SSSR count). The first-order valence-corrected chi connectivity index (χ1v) is 6.43. The highest BCUT2D eigenvalue weighted by molar-refractivity contribution is 5.87. The average molecular weight is 260 g/mol. The summed E-state index contributed by atoms with van der Waals surface area (Å²) in [7, 11) is 1.81. The first kappa shape index (κ1) is 12.1. The van der Waals surface area contributed by atoms with Crippen LogP contribution in [0.4, 0.5) is 4.79 Å². The monoisotopic (exact) mass is 260 g/mol. The number of rotatable bonds is 1. The van der Waals surface area contributed by atoms with E-state index in [1.54, 1.807) is 4.90 Å². The number of para-hydroxylation sites is 1. The van der Waals surface area contributed by atoms with Gasteiger partial charge in [0.1, 0.15) is 5.52 Å². The SMILES string of the molecule is CN(C(=O)n1nnc2ccccc21)C1CCOCC1. The fraction of sp³-hybridized carbons (Fsp3) is 0.462. The second-order valence-corrected chi connectivity index (χ2v) is 4.73. The van der Waals surface area contributed by atoms with E-state index < -0.39 is 0 Å². The molecule has 0 atom stereocenters. The molecule has 1 aromatic heterocycles. The highest BCUT2D eigenvalue weighted by atomic mass is 16.5. The molecule has 6 heteroatoms. The van der Waals surface area contributed by atoms with Crippen LogP contribution >= 0.6 is 0 Å². The van der Waals surface area contributed by atoms with Gasteiger partial charge in [-0.05, 0) is 25.0 Å². The lowest BCUT2D eigenvalue weighted by molar-refractivity contribution is 0.0525.